The van der Waals surface area contributed by atoms with Crippen molar-refractivity contribution >= 4 is 11.6 Å². The van der Waals surface area contributed by atoms with Gasteiger partial charge in [-0.25, -0.2) is 9.50 Å². The summed E-state index contributed by atoms with van der Waals surface area (Å²) >= 11 is 0. The first-order chi connectivity index (χ1) is 13.1. The largest absolute Gasteiger partial charge is 0.396 e. The van der Waals surface area contributed by atoms with Gasteiger partial charge in [0.2, 0.25) is 0 Å². The van der Waals surface area contributed by atoms with Crippen LogP contribution in [-0.2, 0) is 19.3 Å². The molecule has 0 fully saturated rings. The van der Waals surface area contributed by atoms with Gasteiger partial charge < -0.3 is 10.4 Å². The maximum absolute atomic E-state index is 12.6. The van der Waals surface area contributed by atoms with Gasteiger partial charge in [0, 0.05) is 25.1 Å². The van der Waals surface area contributed by atoms with E-state index in [0.29, 0.717) is 17.8 Å². The van der Waals surface area contributed by atoms with E-state index in [1.54, 1.807) is 23.0 Å². The number of rotatable bonds is 5. The van der Waals surface area contributed by atoms with Crippen LogP contribution in [0.4, 0.5) is 0 Å². The van der Waals surface area contributed by atoms with Crippen molar-refractivity contribution in [2.45, 2.75) is 45.1 Å². The highest BCUT2D eigenvalue weighted by atomic mass is 16.3. The number of amides is 1. The van der Waals surface area contributed by atoms with Crippen LogP contribution in [-0.4, -0.2) is 32.2 Å². The Bertz CT molecular complexity index is 979. The van der Waals surface area contributed by atoms with Crippen LogP contribution in [0, 0.1) is 0 Å². The number of carbonyl (C=O) groups excluding carboxylic acids is 1. The molecule has 0 radical (unpaired) electrons. The number of carbonyl (C=O) groups is 1. The molecule has 2 N–H and O–H groups in total. The third kappa shape index (κ3) is 3.71. The topological polar surface area (TPSA) is 79.5 Å². The van der Waals surface area contributed by atoms with Crippen molar-refractivity contribution in [2.24, 2.45) is 0 Å². The molecule has 1 atom stereocenters. The van der Waals surface area contributed by atoms with Crippen LogP contribution in [0.2, 0.25) is 0 Å². The SMILES string of the molecule is C[C@H](NC(=O)c1cc2ncc(CCO)cn2n1)c1ccc2c(c1)CCCC2. The van der Waals surface area contributed by atoms with Gasteiger partial charge >= 0.3 is 0 Å². The molecule has 1 aromatic carbocycles. The molecule has 0 spiro atoms. The summed E-state index contributed by atoms with van der Waals surface area (Å²) < 4.78 is 1.59. The number of nitrogens with one attached hydrogen (secondary N) is 1. The molecular weight excluding hydrogens is 340 g/mol. The zero-order valence-electron chi connectivity index (χ0n) is 15.5. The van der Waals surface area contributed by atoms with Gasteiger partial charge in [-0.1, -0.05) is 18.2 Å². The summed E-state index contributed by atoms with van der Waals surface area (Å²) in [7, 11) is 0. The molecule has 3 aromatic rings. The molecule has 2 heterocycles. The number of aryl methyl sites for hydroxylation is 2. The first-order valence-electron chi connectivity index (χ1n) is 9.52. The number of hydrogen-bond acceptors (Lipinski definition) is 4. The molecule has 0 unspecified atom stereocenters. The van der Waals surface area contributed by atoms with Crippen LogP contribution in [0.5, 0.6) is 0 Å². The Labute approximate surface area is 158 Å². The molecule has 1 aliphatic rings. The lowest BCUT2D eigenvalue weighted by atomic mass is 9.89. The van der Waals surface area contributed by atoms with Gasteiger partial charge in [0.1, 0.15) is 0 Å². The Balaban J connectivity index is 1.50. The standard InChI is InChI=1S/C21H24N4O2/c1-14(17-7-6-16-4-2-3-5-18(16)10-17)23-21(27)19-11-20-22-12-15(8-9-26)13-25(20)24-19/h6-7,10-14,26H,2-5,8-9H2,1H3,(H,23,27)/t14-/m0/s1. The number of fused-ring (bicyclic) bond motifs is 2. The molecule has 27 heavy (non-hydrogen) atoms. The minimum absolute atomic E-state index is 0.0556. The Kier molecular flexibility index (Phi) is 4.90. The van der Waals surface area contributed by atoms with Crippen molar-refractivity contribution < 1.29 is 9.90 Å². The minimum Gasteiger partial charge on any atom is -0.396 e. The van der Waals surface area contributed by atoms with E-state index < -0.39 is 0 Å². The summed E-state index contributed by atoms with van der Waals surface area (Å²) in [6.45, 7) is 2.05. The van der Waals surface area contributed by atoms with E-state index in [9.17, 15) is 4.79 Å². The van der Waals surface area contributed by atoms with Gasteiger partial charge in [-0.2, -0.15) is 5.10 Å². The van der Waals surface area contributed by atoms with Crippen molar-refractivity contribution in [3.8, 4) is 0 Å². The van der Waals surface area contributed by atoms with Crippen molar-refractivity contribution in [2.75, 3.05) is 6.61 Å². The second kappa shape index (κ2) is 7.48. The Morgan fingerprint density at radius 2 is 2.07 bits per heavy atom. The minimum atomic E-state index is -0.213. The lowest BCUT2D eigenvalue weighted by Gasteiger charge is -2.19. The van der Waals surface area contributed by atoms with E-state index in [0.717, 1.165) is 24.0 Å². The quantitative estimate of drug-likeness (QED) is 0.729. The normalized spacial score (nSPS) is 14.7. The number of aliphatic hydroxyl groups is 1. The molecule has 6 nitrogen and oxygen atoms in total. The zero-order valence-corrected chi connectivity index (χ0v) is 15.5. The summed E-state index contributed by atoms with van der Waals surface area (Å²) in [5.74, 6) is -0.213. The highest BCUT2D eigenvalue weighted by molar-refractivity contribution is 5.93. The molecule has 1 aliphatic carbocycles. The lowest BCUT2D eigenvalue weighted by molar-refractivity contribution is 0.0934. The number of aliphatic hydroxyl groups excluding tert-OH is 1. The van der Waals surface area contributed by atoms with Gasteiger partial charge in [-0.05, 0) is 61.3 Å². The highest BCUT2D eigenvalue weighted by Crippen LogP contribution is 2.25. The number of aromatic nitrogens is 3. The van der Waals surface area contributed by atoms with Crippen molar-refractivity contribution in [3.63, 3.8) is 0 Å². The molecule has 140 valence electrons. The van der Waals surface area contributed by atoms with Crippen molar-refractivity contribution in [1.29, 1.82) is 0 Å². The van der Waals surface area contributed by atoms with Crippen LogP contribution in [0.25, 0.3) is 5.65 Å². The van der Waals surface area contributed by atoms with Crippen LogP contribution < -0.4 is 5.32 Å². The van der Waals surface area contributed by atoms with E-state index in [2.05, 4.69) is 33.6 Å². The van der Waals surface area contributed by atoms with Gasteiger partial charge in [-0.15, -0.1) is 0 Å². The molecule has 0 bridgehead atoms. The Hall–Kier alpha value is -2.73. The Morgan fingerprint density at radius 3 is 2.89 bits per heavy atom. The molecule has 4 rings (SSSR count). The second-order valence-corrected chi connectivity index (χ2v) is 7.20. The maximum atomic E-state index is 12.6. The maximum Gasteiger partial charge on any atom is 0.272 e. The molecular formula is C21H24N4O2. The monoisotopic (exact) mass is 364 g/mol. The predicted molar refractivity (Wildman–Crippen MR) is 103 cm³/mol. The second-order valence-electron chi connectivity index (χ2n) is 7.20. The average Bonchev–Trinajstić information content (AvgIpc) is 3.11. The van der Waals surface area contributed by atoms with E-state index >= 15 is 0 Å². The van der Waals surface area contributed by atoms with Crippen LogP contribution in [0.1, 0.15) is 58.5 Å². The molecule has 1 amide bonds. The van der Waals surface area contributed by atoms with Gasteiger partial charge in [0.15, 0.2) is 11.3 Å². The molecule has 0 saturated heterocycles. The lowest BCUT2D eigenvalue weighted by Crippen LogP contribution is -2.27. The van der Waals surface area contributed by atoms with E-state index in [4.69, 9.17) is 5.11 Å². The third-order valence-electron chi connectivity index (χ3n) is 5.22. The van der Waals surface area contributed by atoms with Gasteiger partial charge in [-0.3, -0.25) is 4.79 Å². The van der Waals surface area contributed by atoms with E-state index in [1.165, 1.54) is 24.0 Å². The van der Waals surface area contributed by atoms with Gasteiger partial charge in [0.25, 0.3) is 5.91 Å². The summed E-state index contributed by atoms with van der Waals surface area (Å²) in [6.07, 6.45) is 8.79. The summed E-state index contributed by atoms with van der Waals surface area (Å²) in [6, 6.07) is 8.13. The number of benzene rings is 1. The van der Waals surface area contributed by atoms with Crippen LogP contribution in [0.3, 0.4) is 0 Å². The van der Waals surface area contributed by atoms with E-state index in [1.807, 2.05) is 6.92 Å². The number of nitrogens with zero attached hydrogens (tertiary/aromatic N) is 3. The fourth-order valence-electron chi connectivity index (χ4n) is 3.66. The smallest absolute Gasteiger partial charge is 0.272 e. The zero-order chi connectivity index (χ0) is 18.8. The van der Waals surface area contributed by atoms with Crippen molar-refractivity contribution in [3.05, 3.63) is 64.6 Å². The predicted octanol–water partition coefficient (Wildman–Crippen LogP) is 2.63. The molecule has 0 saturated carbocycles. The third-order valence-corrected chi connectivity index (χ3v) is 5.22. The molecule has 6 heteroatoms. The highest BCUT2D eigenvalue weighted by Gasteiger charge is 2.17. The Morgan fingerprint density at radius 1 is 1.26 bits per heavy atom. The first kappa shape index (κ1) is 17.7. The van der Waals surface area contributed by atoms with Gasteiger partial charge in [0.05, 0.1) is 6.04 Å². The first-order valence-corrected chi connectivity index (χ1v) is 9.52. The van der Waals surface area contributed by atoms with E-state index in [-0.39, 0.29) is 18.6 Å². The van der Waals surface area contributed by atoms with Crippen LogP contribution in [0.15, 0.2) is 36.7 Å². The van der Waals surface area contributed by atoms with Crippen molar-refractivity contribution in [1.82, 2.24) is 19.9 Å². The van der Waals surface area contributed by atoms with Crippen LogP contribution >= 0.6 is 0 Å². The fraction of sp³-hybridized carbons (Fsp3) is 0.381. The molecule has 2 aromatic heterocycles. The summed E-state index contributed by atoms with van der Waals surface area (Å²) in [5.41, 5.74) is 5.80. The number of hydrogen-bond donors (Lipinski definition) is 2. The summed E-state index contributed by atoms with van der Waals surface area (Å²) in [5, 5.41) is 16.4. The average molecular weight is 364 g/mol. The summed E-state index contributed by atoms with van der Waals surface area (Å²) in [4.78, 5) is 16.9. The molecule has 0 aliphatic heterocycles. The fourth-order valence-corrected chi connectivity index (χ4v) is 3.66.